The summed E-state index contributed by atoms with van der Waals surface area (Å²) in [6.45, 7) is 2.92. The second-order valence-electron chi connectivity index (χ2n) is 8.26. The van der Waals surface area contributed by atoms with Gasteiger partial charge in [0.25, 0.3) is 5.56 Å². The number of benzene rings is 2. The van der Waals surface area contributed by atoms with Crippen LogP contribution in [0.4, 0.5) is 10.2 Å². The molecule has 0 saturated heterocycles. The number of hydrogen-bond donors (Lipinski definition) is 1. The first-order valence-electron chi connectivity index (χ1n) is 10.8. The number of anilines is 1. The fraction of sp³-hybridized carbons (Fsp3) is 0.320. The van der Waals surface area contributed by atoms with Gasteiger partial charge in [-0.25, -0.2) is 9.37 Å². The van der Waals surface area contributed by atoms with E-state index in [1.807, 2.05) is 42.3 Å². The number of nitrogens with zero attached hydrogens (tertiary/aromatic N) is 4. The zero-order valence-electron chi connectivity index (χ0n) is 18.3. The Morgan fingerprint density at radius 2 is 1.97 bits per heavy atom. The largest absolute Gasteiger partial charge is 0.359 e. The highest BCUT2D eigenvalue weighted by atomic mass is 19.1. The van der Waals surface area contributed by atoms with Crippen LogP contribution >= 0.6 is 0 Å². The van der Waals surface area contributed by atoms with Crippen molar-refractivity contribution in [3.8, 4) is 23.1 Å². The van der Waals surface area contributed by atoms with E-state index in [0.717, 1.165) is 6.42 Å². The third kappa shape index (κ3) is 4.14. The minimum atomic E-state index is -0.645. The van der Waals surface area contributed by atoms with Crippen LogP contribution in [0.1, 0.15) is 41.9 Å². The van der Waals surface area contributed by atoms with Crippen LogP contribution in [0.3, 0.4) is 0 Å². The van der Waals surface area contributed by atoms with E-state index in [4.69, 9.17) is 16.0 Å². The number of aromatic nitrogens is 2. The maximum absolute atomic E-state index is 14.5. The molecule has 7 heteroatoms. The van der Waals surface area contributed by atoms with Gasteiger partial charge in [0.2, 0.25) is 0 Å². The Bertz CT molecular complexity index is 1240. The summed E-state index contributed by atoms with van der Waals surface area (Å²) >= 11 is 0. The number of nitrogens with two attached hydrogens (primary N) is 1. The molecule has 0 radical (unpaired) electrons. The van der Waals surface area contributed by atoms with Crippen LogP contribution in [0, 0.1) is 24.1 Å². The van der Waals surface area contributed by atoms with Gasteiger partial charge < -0.3 is 10.6 Å². The highest BCUT2D eigenvalue weighted by Gasteiger charge is 2.24. The molecule has 0 amide bonds. The Kier molecular flexibility index (Phi) is 6.06. The zero-order chi connectivity index (χ0) is 22.8. The molecule has 1 saturated carbocycles. The zero-order valence-corrected chi connectivity index (χ0v) is 18.3. The van der Waals surface area contributed by atoms with Gasteiger partial charge in [-0.2, -0.15) is 5.26 Å². The average Bonchev–Trinajstić information content (AvgIpc) is 3.64. The molecule has 0 aliphatic heterocycles. The van der Waals surface area contributed by atoms with Gasteiger partial charge >= 0.3 is 0 Å². The van der Waals surface area contributed by atoms with Crippen molar-refractivity contribution >= 4 is 5.82 Å². The van der Waals surface area contributed by atoms with Gasteiger partial charge in [0.15, 0.2) is 0 Å². The first kappa shape index (κ1) is 21.7. The SMILES string of the molecule is Cc1c(N(C)CCCN)nc(-c2ccc(C#N)c(F)c2)n(-c2ccc(C3CC3)cc2)c1=O. The maximum Gasteiger partial charge on any atom is 0.263 e. The van der Waals surface area contributed by atoms with E-state index in [1.54, 1.807) is 13.0 Å². The van der Waals surface area contributed by atoms with Crippen molar-refractivity contribution in [1.82, 2.24) is 9.55 Å². The normalized spacial score (nSPS) is 13.1. The Morgan fingerprint density at radius 1 is 1.25 bits per heavy atom. The second-order valence-corrected chi connectivity index (χ2v) is 8.26. The number of rotatable bonds is 7. The average molecular weight is 432 g/mol. The first-order valence-corrected chi connectivity index (χ1v) is 10.8. The van der Waals surface area contributed by atoms with Crippen molar-refractivity contribution in [3.63, 3.8) is 0 Å². The summed E-state index contributed by atoms with van der Waals surface area (Å²) in [6.07, 6.45) is 3.14. The molecule has 164 valence electrons. The third-order valence-electron chi connectivity index (χ3n) is 5.89. The van der Waals surface area contributed by atoms with Crippen molar-refractivity contribution in [2.24, 2.45) is 5.73 Å². The molecule has 0 bridgehead atoms. The fourth-order valence-corrected chi connectivity index (χ4v) is 3.89. The molecule has 4 rings (SSSR count). The van der Waals surface area contributed by atoms with Crippen LogP contribution in [-0.2, 0) is 0 Å². The molecule has 0 spiro atoms. The summed E-state index contributed by atoms with van der Waals surface area (Å²) in [6, 6.07) is 14.0. The lowest BCUT2D eigenvalue weighted by Crippen LogP contribution is -2.30. The summed E-state index contributed by atoms with van der Waals surface area (Å²) in [7, 11) is 1.86. The van der Waals surface area contributed by atoms with Gasteiger partial charge in [0, 0.05) is 19.2 Å². The van der Waals surface area contributed by atoms with Crippen molar-refractivity contribution in [3.05, 3.63) is 75.3 Å². The van der Waals surface area contributed by atoms with Crippen molar-refractivity contribution < 1.29 is 4.39 Å². The topological polar surface area (TPSA) is 87.9 Å². The van der Waals surface area contributed by atoms with E-state index in [2.05, 4.69) is 0 Å². The van der Waals surface area contributed by atoms with Gasteiger partial charge in [-0.3, -0.25) is 9.36 Å². The smallest absolute Gasteiger partial charge is 0.263 e. The lowest BCUT2D eigenvalue weighted by atomic mass is 10.1. The summed E-state index contributed by atoms with van der Waals surface area (Å²) in [5.74, 6) is 0.826. The number of hydrogen-bond acceptors (Lipinski definition) is 5. The van der Waals surface area contributed by atoms with Crippen LogP contribution in [0.5, 0.6) is 0 Å². The molecule has 1 fully saturated rings. The van der Waals surface area contributed by atoms with E-state index in [-0.39, 0.29) is 11.1 Å². The number of nitriles is 1. The molecule has 2 N–H and O–H groups in total. The maximum atomic E-state index is 14.5. The van der Waals surface area contributed by atoms with Gasteiger partial charge in [0.05, 0.1) is 16.8 Å². The monoisotopic (exact) mass is 431 g/mol. The quantitative estimate of drug-likeness (QED) is 0.613. The summed E-state index contributed by atoms with van der Waals surface area (Å²) in [4.78, 5) is 20.2. The summed E-state index contributed by atoms with van der Waals surface area (Å²) < 4.78 is 16.0. The van der Waals surface area contributed by atoms with Gasteiger partial charge in [0.1, 0.15) is 23.5 Å². The van der Waals surface area contributed by atoms with E-state index in [1.165, 1.54) is 35.1 Å². The number of halogens is 1. The van der Waals surface area contributed by atoms with Gasteiger partial charge in [-0.05, 0) is 74.5 Å². The van der Waals surface area contributed by atoms with Crippen molar-refractivity contribution in [2.45, 2.75) is 32.1 Å². The summed E-state index contributed by atoms with van der Waals surface area (Å²) in [5.41, 5.74) is 8.25. The molecule has 3 aromatic rings. The van der Waals surface area contributed by atoms with Crippen LogP contribution in [-0.4, -0.2) is 29.7 Å². The minimum Gasteiger partial charge on any atom is -0.359 e. The lowest BCUT2D eigenvalue weighted by Gasteiger charge is -2.23. The third-order valence-corrected chi connectivity index (χ3v) is 5.89. The van der Waals surface area contributed by atoms with Crippen LogP contribution in [0.25, 0.3) is 17.1 Å². The molecule has 1 aliphatic carbocycles. The van der Waals surface area contributed by atoms with Crippen LogP contribution in [0.15, 0.2) is 47.3 Å². The molecule has 0 atom stereocenters. The second kappa shape index (κ2) is 8.93. The molecule has 0 unspecified atom stereocenters. The van der Waals surface area contributed by atoms with E-state index in [9.17, 15) is 9.18 Å². The standard InChI is InChI=1S/C25H26FN5O/c1-16-23(30(2)13-3-12-27)29-24(19-6-7-20(15-28)22(26)14-19)31(25(16)32)21-10-8-18(9-11-21)17-4-5-17/h6-11,14,17H,3-5,12-13,27H2,1-2H3. The Hall–Kier alpha value is -3.50. The van der Waals surface area contributed by atoms with Crippen molar-refractivity contribution in [2.75, 3.05) is 25.0 Å². The van der Waals surface area contributed by atoms with Crippen molar-refractivity contribution in [1.29, 1.82) is 5.26 Å². The molecule has 1 heterocycles. The van der Waals surface area contributed by atoms with Crippen LogP contribution in [0.2, 0.25) is 0 Å². The molecule has 2 aromatic carbocycles. The van der Waals surface area contributed by atoms with E-state index in [0.29, 0.717) is 47.5 Å². The van der Waals surface area contributed by atoms with Crippen LogP contribution < -0.4 is 16.2 Å². The molecule has 6 nitrogen and oxygen atoms in total. The predicted octanol–water partition coefficient (Wildman–Crippen LogP) is 3.88. The first-order chi connectivity index (χ1) is 15.4. The van der Waals surface area contributed by atoms with Gasteiger partial charge in [-0.1, -0.05) is 12.1 Å². The highest BCUT2D eigenvalue weighted by Crippen LogP contribution is 2.40. The Labute approximate surface area is 186 Å². The molecule has 1 aliphatic rings. The Balaban J connectivity index is 1.91. The fourth-order valence-electron chi connectivity index (χ4n) is 3.89. The molecule has 1 aromatic heterocycles. The summed E-state index contributed by atoms with van der Waals surface area (Å²) in [5, 5.41) is 9.09. The molecular formula is C25H26FN5O. The predicted molar refractivity (Wildman–Crippen MR) is 124 cm³/mol. The Morgan fingerprint density at radius 3 is 2.56 bits per heavy atom. The van der Waals surface area contributed by atoms with E-state index < -0.39 is 5.82 Å². The van der Waals surface area contributed by atoms with E-state index >= 15 is 0 Å². The van der Waals surface area contributed by atoms with Gasteiger partial charge in [-0.15, -0.1) is 0 Å². The highest BCUT2D eigenvalue weighted by molar-refractivity contribution is 5.64. The molecule has 32 heavy (non-hydrogen) atoms. The minimum absolute atomic E-state index is 0.0520. The lowest BCUT2D eigenvalue weighted by molar-refractivity contribution is 0.624. The molecular weight excluding hydrogens is 405 g/mol.